The van der Waals surface area contributed by atoms with Crippen molar-refractivity contribution in [2.45, 2.75) is 38.9 Å². The first-order valence-corrected chi connectivity index (χ1v) is 11.4. The van der Waals surface area contributed by atoms with Crippen molar-refractivity contribution in [2.24, 2.45) is 12.8 Å². The van der Waals surface area contributed by atoms with E-state index in [9.17, 15) is 9.59 Å². The van der Waals surface area contributed by atoms with Gasteiger partial charge in [-0.3, -0.25) is 23.9 Å². The Morgan fingerprint density at radius 2 is 1.91 bits per heavy atom. The maximum Gasteiger partial charge on any atom is 0.331 e. The summed E-state index contributed by atoms with van der Waals surface area (Å²) in [5.74, 6) is 6.88. The molecular formula is C25H27N7O2. The topological polar surface area (TPSA) is 104 Å². The molecule has 0 spiro atoms. The summed E-state index contributed by atoms with van der Waals surface area (Å²) in [4.78, 5) is 37.8. The fourth-order valence-electron chi connectivity index (χ4n) is 4.73. The van der Waals surface area contributed by atoms with Crippen LogP contribution in [0.15, 0.2) is 46.2 Å². The molecule has 0 unspecified atom stereocenters. The summed E-state index contributed by atoms with van der Waals surface area (Å²) in [6.07, 6.45) is 5.22. The van der Waals surface area contributed by atoms with Crippen LogP contribution in [-0.4, -0.2) is 42.8 Å². The van der Waals surface area contributed by atoms with E-state index in [2.05, 4.69) is 26.7 Å². The summed E-state index contributed by atoms with van der Waals surface area (Å²) in [6, 6.07) is 7.58. The van der Waals surface area contributed by atoms with Crippen molar-refractivity contribution in [2.75, 3.05) is 18.0 Å². The predicted molar refractivity (Wildman–Crippen MR) is 133 cm³/mol. The van der Waals surface area contributed by atoms with Crippen LogP contribution in [0.4, 0.5) is 5.82 Å². The van der Waals surface area contributed by atoms with Crippen LogP contribution in [0.1, 0.15) is 25.3 Å². The number of anilines is 1. The van der Waals surface area contributed by atoms with E-state index in [1.807, 2.05) is 28.8 Å². The molecule has 1 fully saturated rings. The fourth-order valence-corrected chi connectivity index (χ4v) is 4.73. The van der Waals surface area contributed by atoms with E-state index >= 15 is 0 Å². The van der Waals surface area contributed by atoms with Crippen LogP contribution in [0, 0.1) is 11.8 Å². The van der Waals surface area contributed by atoms with Gasteiger partial charge in [0, 0.05) is 44.6 Å². The standard InChI is InChI=1S/C25H27N7O2/c1-3-4-12-31-22(30-11-5-6-18(26)16-30)14-21-23(31)24(33)32(25(34)29(21)2)15-17-7-8-19-20(13-17)28-10-9-27-19/h7-10,13-14,18H,5-6,11-12,15-16,26H2,1-2H3/t18-/m1/s1. The number of piperidine rings is 1. The summed E-state index contributed by atoms with van der Waals surface area (Å²) >= 11 is 0. The average molecular weight is 458 g/mol. The Morgan fingerprint density at radius 1 is 1.12 bits per heavy atom. The van der Waals surface area contributed by atoms with Crippen LogP contribution < -0.4 is 21.9 Å². The molecule has 0 bridgehead atoms. The second kappa shape index (κ2) is 8.80. The molecule has 0 amide bonds. The van der Waals surface area contributed by atoms with Crippen molar-refractivity contribution in [3.8, 4) is 11.8 Å². The molecule has 1 aliphatic heterocycles. The molecule has 34 heavy (non-hydrogen) atoms. The van der Waals surface area contributed by atoms with E-state index in [1.54, 1.807) is 30.9 Å². The summed E-state index contributed by atoms with van der Waals surface area (Å²) in [5.41, 5.74) is 8.89. The van der Waals surface area contributed by atoms with E-state index in [0.717, 1.165) is 41.8 Å². The highest BCUT2D eigenvalue weighted by molar-refractivity contribution is 5.82. The van der Waals surface area contributed by atoms with Gasteiger partial charge in [0.1, 0.15) is 11.3 Å². The molecular weight excluding hydrogens is 430 g/mol. The van der Waals surface area contributed by atoms with Gasteiger partial charge in [0.15, 0.2) is 0 Å². The third-order valence-corrected chi connectivity index (χ3v) is 6.45. The highest BCUT2D eigenvalue weighted by Crippen LogP contribution is 2.26. The van der Waals surface area contributed by atoms with Crippen LogP contribution in [0.2, 0.25) is 0 Å². The Bertz CT molecular complexity index is 1570. The number of hydrogen-bond donors (Lipinski definition) is 1. The number of rotatable bonds is 4. The number of nitrogens with two attached hydrogens (primary N) is 1. The lowest BCUT2D eigenvalue weighted by Crippen LogP contribution is -2.43. The van der Waals surface area contributed by atoms with Gasteiger partial charge in [-0.05, 0) is 37.5 Å². The monoisotopic (exact) mass is 457 g/mol. The molecule has 174 valence electrons. The van der Waals surface area contributed by atoms with Crippen LogP contribution in [0.3, 0.4) is 0 Å². The Kier molecular flexibility index (Phi) is 5.67. The molecule has 4 aromatic rings. The van der Waals surface area contributed by atoms with Gasteiger partial charge in [0.25, 0.3) is 5.56 Å². The zero-order valence-corrected chi connectivity index (χ0v) is 19.4. The molecule has 0 aliphatic carbocycles. The Labute approximate surface area is 196 Å². The van der Waals surface area contributed by atoms with Crippen molar-refractivity contribution in [3.05, 3.63) is 63.1 Å². The Balaban J connectivity index is 1.68. The first-order valence-electron chi connectivity index (χ1n) is 11.4. The van der Waals surface area contributed by atoms with E-state index in [0.29, 0.717) is 24.1 Å². The lowest BCUT2D eigenvalue weighted by molar-refractivity contribution is 0.499. The number of benzene rings is 1. The molecule has 1 saturated heterocycles. The second-order valence-electron chi connectivity index (χ2n) is 8.71. The van der Waals surface area contributed by atoms with E-state index in [4.69, 9.17) is 5.73 Å². The maximum absolute atomic E-state index is 13.7. The van der Waals surface area contributed by atoms with Crippen LogP contribution in [-0.2, 0) is 20.1 Å². The van der Waals surface area contributed by atoms with Gasteiger partial charge in [-0.25, -0.2) is 4.79 Å². The Hall–Kier alpha value is -3.90. The molecule has 9 nitrogen and oxygen atoms in total. The number of aryl methyl sites for hydroxylation is 1. The lowest BCUT2D eigenvalue weighted by atomic mass is 10.1. The second-order valence-corrected chi connectivity index (χ2v) is 8.71. The minimum Gasteiger partial charge on any atom is -0.356 e. The van der Waals surface area contributed by atoms with Gasteiger partial charge in [-0.2, -0.15) is 0 Å². The fraction of sp³-hybridized carbons (Fsp3) is 0.360. The number of nitrogens with zero attached hydrogens (tertiary/aromatic N) is 6. The first kappa shape index (κ1) is 21.9. The van der Waals surface area contributed by atoms with E-state index < -0.39 is 0 Å². The summed E-state index contributed by atoms with van der Waals surface area (Å²) in [6.45, 7) is 3.83. The molecule has 0 saturated carbocycles. The van der Waals surface area contributed by atoms with Gasteiger partial charge in [-0.15, -0.1) is 5.92 Å². The molecule has 9 heteroatoms. The van der Waals surface area contributed by atoms with Gasteiger partial charge < -0.3 is 15.2 Å². The largest absolute Gasteiger partial charge is 0.356 e. The first-order chi connectivity index (χ1) is 16.5. The van der Waals surface area contributed by atoms with Gasteiger partial charge in [-0.1, -0.05) is 12.0 Å². The number of fused-ring (bicyclic) bond motifs is 2. The summed E-state index contributed by atoms with van der Waals surface area (Å²) < 4.78 is 4.75. The summed E-state index contributed by atoms with van der Waals surface area (Å²) in [7, 11) is 1.70. The average Bonchev–Trinajstić information content (AvgIpc) is 3.23. The molecule has 3 aromatic heterocycles. The van der Waals surface area contributed by atoms with Crippen molar-refractivity contribution in [1.29, 1.82) is 0 Å². The smallest absolute Gasteiger partial charge is 0.331 e. The van der Waals surface area contributed by atoms with Crippen LogP contribution in [0.5, 0.6) is 0 Å². The molecule has 1 aliphatic rings. The maximum atomic E-state index is 13.7. The van der Waals surface area contributed by atoms with Gasteiger partial charge in [0.05, 0.1) is 29.6 Å². The van der Waals surface area contributed by atoms with Gasteiger partial charge >= 0.3 is 5.69 Å². The summed E-state index contributed by atoms with van der Waals surface area (Å²) in [5, 5.41) is 0. The number of hydrogen-bond acceptors (Lipinski definition) is 6. The Morgan fingerprint density at radius 3 is 2.68 bits per heavy atom. The van der Waals surface area contributed by atoms with E-state index in [1.165, 1.54) is 4.57 Å². The molecule has 0 radical (unpaired) electrons. The quantitative estimate of drug-likeness (QED) is 0.465. The molecule has 1 atom stereocenters. The van der Waals surface area contributed by atoms with Gasteiger partial charge in [0.2, 0.25) is 0 Å². The molecule has 1 aromatic carbocycles. The molecule has 2 N–H and O–H groups in total. The highest BCUT2D eigenvalue weighted by atomic mass is 16.2. The zero-order chi connectivity index (χ0) is 23.8. The van der Waals surface area contributed by atoms with Crippen LogP contribution in [0.25, 0.3) is 22.1 Å². The predicted octanol–water partition coefficient (Wildman–Crippen LogP) is 1.44. The minimum absolute atomic E-state index is 0.0777. The highest BCUT2D eigenvalue weighted by Gasteiger charge is 2.24. The van der Waals surface area contributed by atoms with Crippen molar-refractivity contribution in [3.63, 3.8) is 0 Å². The van der Waals surface area contributed by atoms with E-state index in [-0.39, 0.29) is 23.8 Å². The number of aromatic nitrogens is 5. The van der Waals surface area contributed by atoms with Crippen LogP contribution >= 0.6 is 0 Å². The zero-order valence-electron chi connectivity index (χ0n) is 19.4. The van der Waals surface area contributed by atoms with Crippen molar-refractivity contribution < 1.29 is 0 Å². The third kappa shape index (κ3) is 3.76. The van der Waals surface area contributed by atoms with Crippen molar-refractivity contribution >= 4 is 27.9 Å². The SMILES string of the molecule is CC#CCn1c(N2CCC[C@@H](N)C2)cc2c1c(=O)n(Cc1ccc3nccnc3c1)c(=O)n2C. The third-order valence-electron chi connectivity index (χ3n) is 6.45. The normalized spacial score (nSPS) is 16.1. The van der Waals surface area contributed by atoms with Crippen molar-refractivity contribution in [1.82, 2.24) is 23.7 Å². The minimum atomic E-state index is -0.364. The molecule has 4 heterocycles. The lowest BCUT2D eigenvalue weighted by Gasteiger charge is -2.32. The molecule has 5 rings (SSSR count).